The summed E-state index contributed by atoms with van der Waals surface area (Å²) in [4.78, 5) is 34.2. The van der Waals surface area contributed by atoms with E-state index >= 15 is 0 Å². The maximum Gasteiger partial charge on any atom is 0.319 e. The Balaban J connectivity index is 1.56. The highest BCUT2D eigenvalue weighted by molar-refractivity contribution is 5.88. The van der Waals surface area contributed by atoms with Crippen LogP contribution in [0.3, 0.4) is 0 Å². The third-order valence-electron chi connectivity index (χ3n) is 7.31. The summed E-state index contributed by atoms with van der Waals surface area (Å²) in [6.07, 6.45) is 6.32. The molecule has 0 radical (unpaired) electrons. The molecule has 2 spiro atoms. The molecule has 0 aliphatic carbocycles. The molecule has 3 fully saturated rings. The number of hydrogen-bond donors (Lipinski definition) is 0. The second-order valence-corrected chi connectivity index (χ2v) is 8.94. The Morgan fingerprint density at radius 1 is 1.18 bits per heavy atom. The number of furan rings is 1. The van der Waals surface area contributed by atoms with Crippen LogP contribution < -0.4 is 0 Å². The van der Waals surface area contributed by atoms with E-state index in [-0.39, 0.29) is 17.4 Å². The number of amides is 3. The quantitative estimate of drug-likeness (QED) is 0.796. The van der Waals surface area contributed by atoms with Gasteiger partial charge in [0.15, 0.2) is 0 Å². The first kappa shape index (κ1) is 19.3. The van der Waals surface area contributed by atoms with Gasteiger partial charge in [-0.1, -0.05) is 0 Å². The lowest BCUT2D eigenvalue weighted by molar-refractivity contribution is -0.142. The monoisotopic (exact) mass is 388 g/mol. The van der Waals surface area contributed by atoms with Crippen molar-refractivity contribution in [2.75, 3.05) is 53.4 Å². The number of nitrogens with zero attached hydrogens (tertiary/aromatic N) is 4. The molecule has 0 N–H and O–H groups in total. The van der Waals surface area contributed by atoms with Crippen LogP contribution in [0.4, 0.5) is 4.79 Å². The molecule has 3 saturated heterocycles. The third-order valence-corrected chi connectivity index (χ3v) is 7.31. The maximum absolute atomic E-state index is 13.5. The van der Waals surface area contributed by atoms with E-state index in [1.807, 2.05) is 15.9 Å². The number of urea groups is 1. The molecule has 0 unspecified atom stereocenters. The minimum absolute atomic E-state index is 0.0276. The van der Waals surface area contributed by atoms with E-state index in [9.17, 15) is 9.59 Å². The summed E-state index contributed by atoms with van der Waals surface area (Å²) in [6, 6.07) is 2.04. The van der Waals surface area contributed by atoms with E-state index in [2.05, 4.69) is 11.8 Å². The van der Waals surface area contributed by atoms with Crippen LogP contribution in [-0.4, -0.2) is 84.9 Å². The number of piperidine rings is 1. The van der Waals surface area contributed by atoms with Gasteiger partial charge < -0.3 is 19.1 Å². The SMILES string of the molecule is CCN1CC[C@@]2(CN(C(=O)N(C)C)CC23CCN(Cc2ccoc2)CC3)C1=O. The number of rotatable bonds is 3. The third kappa shape index (κ3) is 2.91. The lowest BCUT2D eigenvalue weighted by atomic mass is 9.60. The number of carbonyl (C=O) groups excluding carboxylic acids is 2. The van der Waals surface area contributed by atoms with Crippen LogP contribution in [0, 0.1) is 10.8 Å². The van der Waals surface area contributed by atoms with Gasteiger partial charge in [0.25, 0.3) is 0 Å². The second-order valence-electron chi connectivity index (χ2n) is 8.94. The summed E-state index contributed by atoms with van der Waals surface area (Å²) < 4.78 is 5.20. The highest BCUT2D eigenvalue weighted by atomic mass is 16.3. The van der Waals surface area contributed by atoms with Gasteiger partial charge in [0.2, 0.25) is 5.91 Å². The fourth-order valence-electron chi connectivity index (χ4n) is 5.68. The largest absolute Gasteiger partial charge is 0.472 e. The van der Waals surface area contributed by atoms with Gasteiger partial charge in [-0.05, 0) is 45.3 Å². The lowest BCUT2D eigenvalue weighted by Crippen LogP contribution is -2.52. The Kier molecular flexibility index (Phi) is 4.89. The van der Waals surface area contributed by atoms with Crippen molar-refractivity contribution in [1.82, 2.24) is 19.6 Å². The Morgan fingerprint density at radius 2 is 1.93 bits per heavy atom. The van der Waals surface area contributed by atoms with Crippen molar-refractivity contribution in [3.63, 3.8) is 0 Å². The highest BCUT2D eigenvalue weighted by Gasteiger charge is 2.65. The summed E-state index contributed by atoms with van der Waals surface area (Å²) >= 11 is 0. The molecule has 0 saturated carbocycles. The molecule has 3 aliphatic heterocycles. The average Bonchev–Trinajstić information content (AvgIpc) is 3.38. The topological polar surface area (TPSA) is 60.2 Å². The van der Waals surface area contributed by atoms with Crippen molar-refractivity contribution in [2.24, 2.45) is 10.8 Å². The minimum atomic E-state index is -0.406. The fourth-order valence-corrected chi connectivity index (χ4v) is 5.68. The van der Waals surface area contributed by atoms with Crippen molar-refractivity contribution >= 4 is 11.9 Å². The van der Waals surface area contributed by atoms with Crippen molar-refractivity contribution in [3.05, 3.63) is 24.2 Å². The van der Waals surface area contributed by atoms with Crippen molar-refractivity contribution in [2.45, 2.75) is 32.7 Å². The van der Waals surface area contributed by atoms with Crippen LogP contribution in [0.1, 0.15) is 31.7 Å². The molecule has 3 aliphatic rings. The van der Waals surface area contributed by atoms with Gasteiger partial charge in [0, 0.05) is 57.8 Å². The number of hydrogen-bond acceptors (Lipinski definition) is 4. The van der Waals surface area contributed by atoms with E-state index in [1.54, 1.807) is 31.5 Å². The van der Waals surface area contributed by atoms with E-state index in [0.717, 1.165) is 52.0 Å². The van der Waals surface area contributed by atoms with E-state index in [0.29, 0.717) is 13.1 Å². The van der Waals surface area contributed by atoms with Crippen LogP contribution in [0.5, 0.6) is 0 Å². The molecule has 1 aromatic rings. The van der Waals surface area contributed by atoms with Crippen molar-refractivity contribution < 1.29 is 14.0 Å². The summed E-state index contributed by atoms with van der Waals surface area (Å²) in [7, 11) is 3.59. The van der Waals surface area contributed by atoms with Gasteiger partial charge in [0.05, 0.1) is 17.9 Å². The molecular formula is C21H32N4O3. The standard InChI is InChI=1S/C21H32N4O3/c1-4-24-11-8-21(18(24)26)16-25(19(27)22(2)3)15-20(21)6-9-23(10-7-20)13-17-5-12-28-14-17/h5,12,14H,4,6-11,13,15-16H2,1-3H3/t21-/m1/s1. The van der Waals surface area contributed by atoms with Gasteiger partial charge in [-0.25, -0.2) is 4.79 Å². The molecule has 1 aromatic heterocycles. The fraction of sp³-hybridized carbons (Fsp3) is 0.714. The molecule has 0 bridgehead atoms. The van der Waals surface area contributed by atoms with Crippen molar-refractivity contribution in [3.8, 4) is 0 Å². The predicted molar refractivity (Wildman–Crippen MR) is 106 cm³/mol. The molecule has 0 aromatic carbocycles. The van der Waals surface area contributed by atoms with Crippen LogP contribution in [0.15, 0.2) is 23.0 Å². The Morgan fingerprint density at radius 3 is 2.50 bits per heavy atom. The first-order chi connectivity index (χ1) is 13.4. The van der Waals surface area contributed by atoms with Gasteiger partial charge in [-0.3, -0.25) is 9.69 Å². The molecule has 28 heavy (non-hydrogen) atoms. The highest BCUT2D eigenvalue weighted by Crippen LogP contribution is 2.58. The Hall–Kier alpha value is -2.02. The summed E-state index contributed by atoms with van der Waals surface area (Å²) in [5.74, 6) is 0.271. The average molecular weight is 389 g/mol. The van der Waals surface area contributed by atoms with Gasteiger partial charge >= 0.3 is 6.03 Å². The van der Waals surface area contributed by atoms with Crippen LogP contribution in [0.25, 0.3) is 0 Å². The molecule has 7 heteroatoms. The zero-order valence-corrected chi connectivity index (χ0v) is 17.3. The molecular weight excluding hydrogens is 356 g/mol. The van der Waals surface area contributed by atoms with E-state index in [4.69, 9.17) is 4.42 Å². The number of carbonyl (C=O) groups is 2. The van der Waals surface area contributed by atoms with Gasteiger partial charge in [-0.15, -0.1) is 0 Å². The minimum Gasteiger partial charge on any atom is -0.472 e. The number of fused-ring (bicyclic) bond motifs is 1. The molecule has 4 heterocycles. The van der Waals surface area contributed by atoms with Crippen LogP contribution in [-0.2, 0) is 11.3 Å². The maximum atomic E-state index is 13.5. The second kappa shape index (κ2) is 7.10. The first-order valence-corrected chi connectivity index (χ1v) is 10.4. The molecule has 154 valence electrons. The molecule has 4 rings (SSSR count). The van der Waals surface area contributed by atoms with Crippen molar-refractivity contribution in [1.29, 1.82) is 0 Å². The predicted octanol–water partition coefficient (Wildman–Crippen LogP) is 2.10. The van der Waals surface area contributed by atoms with Gasteiger partial charge in [-0.2, -0.15) is 0 Å². The lowest BCUT2D eigenvalue weighted by Gasteiger charge is -2.46. The van der Waals surface area contributed by atoms with Crippen LogP contribution in [0.2, 0.25) is 0 Å². The number of likely N-dealkylation sites (tertiary alicyclic amines) is 3. The van der Waals surface area contributed by atoms with Crippen LogP contribution >= 0.6 is 0 Å². The first-order valence-electron chi connectivity index (χ1n) is 10.4. The Bertz CT molecular complexity index is 724. The zero-order chi connectivity index (χ0) is 19.9. The molecule has 3 amide bonds. The summed E-state index contributed by atoms with van der Waals surface area (Å²) in [5, 5.41) is 0. The smallest absolute Gasteiger partial charge is 0.319 e. The zero-order valence-electron chi connectivity index (χ0n) is 17.3. The summed E-state index contributed by atoms with van der Waals surface area (Å²) in [5.41, 5.74) is 0.679. The molecule has 7 nitrogen and oxygen atoms in total. The Labute approximate surface area is 167 Å². The normalized spacial score (nSPS) is 27.3. The van der Waals surface area contributed by atoms with E-state index in [1.165, 1.54) is 5.56 Å². The van der Waals surface area contributed by atoms with Gasteiger partial charge in [0.1, 0.15) is 0 Å². The molecule has 1 atom stereocenters. The summed E-state index contributed by atoms with van der Waals surface area (Å²) in [6.45, 7) is 7.69. The van der Waals surface area contributed by atoms with E-state index < -0.39 is 5.41 Å².